The molecule has 0 aromatic heterocycles. The van der Waals surface area contributed by atoms with Crippen LogP contribution < -0.4 is 19.8 Å². The summed E-state index contributed by atoms with van der Waals surface area (Å²) in [5, 5.41) is 4.12. The first-order valence-electron chi connectivity index (χ1n) is 11.8. The van der Waals surface area contributed by atoms with Crippen molar-refractivity contribution < 1.29 is 14.3 Å². The highest BCUT2D eigenvalue weighted by atomic mass is 16.5. The third-order valence-corrected chi connectivity index (χ3v) is 5.72. The van der Waals surface area contributed by atoms with Gasteiger partial charge in [-0.25, -0.2) is 5.43 Å². The summed E-state index contributed by atoms with van der Waals surface area (Å²) in [4.78, 5) is 14.8. The Morgan fingerprint density at radius 3 is 2.53 bits per heavy atom. The number of nitrogens with one attached hydrogen (secondary N) is 1. The number of hydrogen-bond donors (Lipinski definition) is 1. The Hall–Kier alpha value is -3.80. The van der Waals surface area contributed by atoms with Crippen LogP contribution in [-0.2, 0) is 6.61 Å². The van der Waals surface area contributed by atoms with E-state index in [1.807, 2.05) is 61.5 Å². The molecule has 1 aliphatic rings. The second-order valence-corrected chi connectivity index (χ2v) is 8.36. The van der Waals surface area contributed by atoms with Crippen LogP contribution in [0.4, 0.5) is 5.69 Å². The monoisotopic (exact) mass is 457 g/mol. The fourth-order valence-electron chi connectivity index (χ4n) is 3.98. The molecule has 0 saturated carbocycles. The number of aryl methyl sites for hydroxylation is 1. The quantitative estimate of drug-likeness (QED) is 0.348. The summed E-state index contributed by atoms with van der Waals surface area (Å²) in [6.45, 7) is 7.13. The van der Waals surface area contributed by atoms with Crippen molar-refractivity contribution in [2.45, 2.75) is 33.3 Å². The summed E-state index contributed by atoms with van der Waals surface area (Å²) in [5.74, 6) is 1.07. The number of hydrazone groups is 1. The van der Waals surface area contributed by atoms with Crippen LogP contribution in [0.25, 0.3) is 0 Å². The van der Waals surface area contributed by atoms with E-state index in [0.29, 0.717) is 30.3 Å². The number of hydrogen-bond acceptors (Lipinski definition) is 5. The highest BCUT2D eigenvalue weighted by Crippen LogP contribution is 2.29. The largest absolute Gasteiger partial charge is 0.490 e. The summed E-state index contributed by atoms with van der Waals surface area (Å²) < 4.78 is 11.8. The molecule has 1 fully saturated rings. The van der Waals surface area contributed by atoms with Gasteiger partial charge in [-0.15, -0.1) is 0 Å². The van der Waals surface area contributed by atoms with Crippen molar-refractivity contribution in [1.82, 2.24) is 5.43 Å². The van der Waals surface area contributed by atoms with Crippen LogP contribution in [0.15, 0.2) is 71.8 Å². The predicted molar refractivity (Wildman–Crippen MR) is 136 cm³/mol. The Morgan fingerprint density at radius 2 is 1.79 bits per heavy atom. The normalized spacial score (nSPS) is 13.3. The van der Waals surface area contributed by atoms with Gasteiger partial charge in [0.1, 0.15) is 6.61 Å². The van der Waals surface area contributed by atoms with E-state index in [0.717, 1.165) is 29.9 Å². The first-order valence-corrected chi connectivity index (χ1v) is 11.8. The number of benzene rings is 3. The highest BCUT2D eigenvalue weighted by Gasteiger charge is 2.13. The molecule has 1 N–H and O–H groups in total. The predicted octanol–water partition coefficient (Wildman–Crippen LogP) is 5.34. The van der Waals surface area contributed by atoms with E-state index in [1.165, 1.54) is 18.4 Å². The summed E-state index contributed by atoms with van der Waals surface area (Å²) >= 11 is 0. The molecule has 3 aromatic carbocycles. The van der Waals surface area contributed by atoms with Gasteiger partial charge in [-0.05, 0) is 80.3 Å². The van der Waals surface area contributed by atoms with Crippen LogP contribution in [0.5, 0.6) is 11.5 Å². The first-order chi connectivity index (χ1) is 16.6. The molecule has 3 aromatic rings. The first kappa shape index (κ1) is 23.4. The lowest BCUT2D eigenvalue weighted by Gasteiger charge is -2.17. The molecule has 1 saturated heterocycles. The van der Waals surface area contributed by atoms with Crippen LogP contribution in [0, 0.1) is 6.92 Å². The van der Waals surface area contributed by atoms with Gasteiger partial charge in [-0.2, -0.15) is 5.10 Å². The van der Waals surface area contributed by atoms with Crippen LogP contribution in [0.3, 0.4) is 0 Å². The molecule has 1 amide bonds. The lowest BCUT2D eigenvalue weighted by Crippen LogP contribution is -2.19. The van der Waals surface area contributed by atoms with Crippen LogP contribution in [-0.4, -0.2) is 31.8 Å². The summed E-state index contributed by atoms with van der Waals surface area (Å²) in [7, 11) is 0. The Bertz CT molecular complexity index is 1140. The van der Waals surface area contributed by atoms with Gasteiger partial charge in [0.25, 0.3) is 5.91 Å². The van der Waals surface area contributed by atoms with E-state index in [9.17, 15) is 4.79 Å². The zero-order valence-corrected chi connectivity index (χ0v) is 19.8. The van der Waals surface area contributed by atoms with E-state index in [4.69, 9.17) is 9.47 Å². The maximum absolute atomic E-state index is 12.5. The van der Waals surface area contributed by atoms with Gasteiger partial charge in [0.05, 0.1) is 12.8 Å². The van der Waals surface area contributed by atoms with Gasteiger partial charge in [-0.1, -0.05) is 29.8 Å². The second kappa shape index (κ2) is 11.4. The number of nitrogens with zero attached hydrogens (tertiary/aromatic N) is 2. The van der Waals surface area contributed by atoms with E-state index in [-0.39, 0.29) is 5.91 Å². The molecule has 1 aliphatic heterocycles. The lowest BCUT2D eigenvalue weighted by atomic mass is 10.1. The third-order valence-electron chi connectivity index (χ3n) is 5.72. The lowest BCUT2D eigenvalue weighted by molar-refractivity contribution is 0.0955. The SMILES string of the molecule is CCOc1cc(/C=N\NC(=O)c2ccc(N3CCCC3)cc2)ccc1OCc1cccc(C)c1. The van der Waals surface area contributed by atoms with E-state index >= 15 is 0 Å². The topological polar surface area (TPSA) is 63.2 Å². The number of ether oxygens (including phenoxy) is 2. The minimum Gasteiger partial charge on any atom is -0.490 e. The molecule has 0 radical (unpaired) electrons. The molecular formula is C28H31N3O3. The van der Waals surface area contributed by atoms with Gasteiger partial charge in [0.15, 0.2) is 11.5 Å². The van der Waals surface area contributed by atoms with Crippen molar-refractivity contribution in [2.75, 3.05) is 24.6 Å². The molecule has 0 bridgehead atoms. The number of rotatable bonds is 9. The fourth-order valence-corrected chi connectivity index (χ4v) is 3.98. The van der Waals surface area contributed by atoms with Crippen LogP contribution in [0.2, 0.25) is 0 Å². The van der Waals surface area contributed by atoms with Crippen molar-refractivity contribution in [3.8, 4) is 11.5 Å². The molecule has 6 heteroatoms. The summed E-state index contributed by atoms with van der Waals surface area (Å²) in [6, 6.07) is 21.5. The molecule has 176 valence electrons. The number of carbonyl (C=O) groups is 1. The van der Waals surface area contributed by atoms with Gasteiger partial charge >= 0.3 is 0 Å². The minimum absolute atomic E-state index is 0.243. The van der Waals surface area contributed by atoms with Gasteiger partial charge in [-0.3, -0.25) is 4.79 Å². The van der Waals surface area contributed by atoms with Gasteiger partial charge in [0, 0.05) is 24.3 Å². The zero-order valence-electron chi connectivity index (χ0n) is 19.8. The Kier molecular flexibility index (Phi) is 7.81. The van der Waals surface area contributed by atoms with E-state index in [1.54, 1.807) is 6.21 Å². The van der Waals surface area contributed by atoms with Crippen molar-refractivity contribution in [1.29, 1.82) is 0 Å². The fraction of sp³-hybridized carbons (Fsp3) is 0.286. The Labute approximate surface area is 201 Å². The van der Waals surface area contributed by atoms with Crippen molar-refractivity contribution in [2.24, 2.45) is 5.10 Å². The van der Waals surface area contributed by atoms with E-state index in [2.05, 4.69) is 34.5 Å². The van der Waals surface area contributed by atoms with Crippen LogP contribution >= 0.6 is 0 Å². The smallest absolute Gasteiger partial charge is 0.271 e. The average Bonchev–Trinajstić information content (AvgIpc) is 3.39. The second-order valence-electron chi connectivity index (χ2n) is 8.36. The summed E-state index contributed by atoms with van der Waals surface area (Å²) in [5.41, 5.74) is 7.44. The molecule has 34 heavy (non-hydrogen) atoms. The Morgan fingerprint density at radius 1 is 1.00 bits per heavy atom. The van der Waals surface area contributed by atoms with Crippen LogP contribution in [0.1, 0.15) is 46.8 Å². The molecule has 0 spiro atoms. The molecule has 6 nitrogen and oxygen atoms in total. The third kappa shape index (κ3) is 6.16. The molecule has 0 aliphatic carbocycles. The molecule has 1 heterocycles. The standard InChI is InChI=1S/C28H31N3O3/c1-3-33-27-18-22(9-14-26(27)34-20-23-8-6-7-21(2)17-23)19-29-30-28(32)24-10-12-25(13-11-24)31-15-4-5-16-31/h6-14,17-19H,3-5,15-16,20H2,1-2H3,(H,30,32)/b29-19-. The number of amides is 1. The Balaban J connectivity index is 1.36. The van der Waals surface area contributed by atoms with Crippen molar-refractivity contribution >= 4 is 17.8 Å². The minimum atomic E-state index is -0.243. The molecule has 0 unspecified atom stereocenters. The average molecular weight is 458 g/mol. The maximum Gasteiger partial charge on any atom is 0.271 e. The van der Waals surface area contributed by atoms with E-state index < -0.39 is 0 Å². The van der Waals surface area contributed by atoms with Crippen molar-refractivity contribution in [3.05, 3.63) is 89.0 Å². The van der Waals surface area contributed by atoms with Gasteiger partial charge in [0.2, 0.25) is 0 Å². The molecule has 0 atom stereocenters. The zero-order chi connectivity index (χ0) is 23.8. The highest BCUT2D eigenvalue weighted by molar-refractivity contribution is 5.95. The van der Waals surface area contributed by atoms with Crippen molar-refractivity contribution in [3.63, 3.8) is 0 Å². The summed E-state index contributed by atoms with van der Waals surface area (Å²) in [6.07, 6.45) is 4.05. The number of anilines is 1. The molecule has 4 rings (SSSR count). The number of carbonyl (C=O) groups excluding carboxylic acids is 1. The maximum atomic E-state index is 12.5. The molecular weight excluding hydrogens is 426 g/mol. The van der Waals surface area contributed by atoms with Gasteiger partial charge < -0.3 is 14.4 Å².